The smallest absolute Gasteiger partial charge is 0.289 e. The van der Waals surface area contributed by atoms with Crippen LogP contribution in [0.2, 0.25) is 0 Å². The van der Waals surface area contributed by atoms with Crippen molar-refractivity contribution in [2.24, 2.45) is 28.6 Å². The van der Waals surface area contributed by atoms with Crippen molar-refractivity contribution in [3.8, 4) is 0 Å². The van der Waals surface area contributed by atoms with Crippen molar-refractivity contribution in [1.82, 2.24) is 25.6 Å². The van der Waals surface area contributed by atoms with Crippen molar-refractivity contribution in [3.63, 3.8) is 0 Å². The van der Waals surface area contributed by atoms with Gasteiger partial charge in [0, 0.05) is 13.1 Å². The number of likely N-dealkylation sites (tertiary alicyclic amines) is 1. The highest BCUT2D eigenvalue weighted by atomic mass is 32.2. The van der Waals surface area contributed by atoms with Crippen LogP contribution in [0, 0.1) is 28.6 Å². The second-order valence-corrected chi connectivity index (χ2v) is 19.2. The average molecular weight is 748 g/mol. The average Bonchev–Trinajstić information content (AvgIpc) is 3.50. The maximum Gasteiger partial charge on any atom is 0.289 e. The fourth-order valence-electron chi connectivity index (χ4n) is 7.27. The Morgan fingerprint density at radius 2 is 1.75 bits per heavy atom. The summed E-state index contributed by atoms with van der Waals surface area (Å²) in [5.41, 5.74) is -1.50. The predicted octanol–water partition coefficient (Wildman–Crippen LogP) is 3.93. The number of sulfonamides is 1. The van der Waals surface area contributed by atoms with Gasteiger partial charge in [-0.25, -0.2) is 8.42 Å². The maximum atomic E-state index is 14.6. The number of rotatable bonds is 16. The van der Waals surface area contributed by atoms with E-state index in [4.69, 9.17) is 0 Å². The lowest BCUT2D eigenvalue weighted by atomic mass is 9.70. The lowest BCUT2D eigenvalue weighted by Crippen LogP contribution is -2.63. The quantitative estimate of drug-likeness (QED) is 0.147. The fraction of sp³-hybridized carbons (Fsp3) is 0.703. The summed E-state index contributed by atoms with van der Waals surface area (Å²) in [6.07, 6.45) is 7.96. The number of thiophene rings is 1. The number of hydrogen-bond donors (Lipinski definition) is 4. The highest BCUT2D eigenvalue weighted by Gasteiger charge is 2.49. The van der Waals surface area contributed by atoms with Crippen molar-refractivity contribution in [3.05, 3.63) is 30.2 Å². The van der Waals surface area contributed by atoms with Crippen molar-refractivity contribution >= 4 is 50.8 Å². The van der Waals surface area contributed by atoms with Crippen molar-refractivity contribution in [2.75, 3.05) is 13.1 Å². The highest BCUT2D eigenvalue weighted by molar-refractivity contribution is 7.91. The summed E-state index contributed by atoms with van der Waals surface area (Å²) in [5.74, 6) is -2.76. The van der Waals surface area contributed by atoms with Gasteiger partial charge in [0.15, 0.2) is 0 Å². The zero-order valence-corrected chi connectivity index (χ0v) is 32.6. The molecule has 0 aromatic carbocycles. The summed E-state index contributed by atoms with van der Waals surface area (Å²) in [5, 5.41) is 9.94. The van der Waals surface area contributed by atoms with Gasteiger partial charge in [-0.1, -0.05) is 85.8 Å². The largest absolute Gasteiger partial charge is 0.346 e. The van der Waals surface area contributed by atoms with Gasteiger partial charge in [-0.05, 0) is 65.7 Å². The summed E-state index contributed by atoms with van der Waals surface area (Å²) in [6.45, 7) is 15.4. The van der Waals surface area contributed by atoms with Gasteiger partial charge >= 0.3 is 0 Å². The molecule has 4 rings (SSSR count). The summed E-state index contributed by atoms with van der Waals surface area (Å²) >= 11 is 1.06. The standard InChI is InChI=1S/C37H57N5O7S2/c1-8-18-38-33(45)29(43)26(20-24-14-15-24)39-32(44)27-21-25(23(2)3)22-42(27)35(47)31(36(4,5)6)40-34(46)30(37(7)16-10-9-11-17-37)41-51(48,49)28-13-12-19-50-28/h8,12-13,19,23-27,30-31,41H,1,9-11,14-18,20-22H2,2-7H3,(H,38,45)(H,39,44)(H,40,46)/t25-,26?,27+,30-,31-/m1/s1. The molecule has 2 saturated carbocycles. The van der Waals surface area contributed by atoms with Crippen molar-refractivity contribution in [1.29, 1.82) is 0 Å². The summed E-state index contributed by atoms with van der Waals surface area (Å²) < 4.78 is 29.8. The van der Waals surface area contributed by atoms with E-state index in [2.05, 4.69) is 27.3 Å². The first-order chi connectivity index (χ1) is 23.9. The SMILES string of the molecule is C=CCNC(=O)C(=O)C(CC1CC1)NC(=O)[C@@H]1C[C@@H](C(C)C)CN1C(=O)[C@@H](NC(=O)[C@@H](NS(=O)(=O)c1cccs1)C1(C)CCCCC1)C(C)(C)C. The van der Waals surface area contributed by atoms with Gasteiger partial charge in [-0.2, -0.15) is 4.72 Å². The van der Waals surface area contributed by atoms with E-state index in [9.17, 15) is 32.4 Å². The number of Topliss-reactive ketones (excluding diaryl/α,β-unsaturated/α-hetero) is 1. The number of carbonyl (C=O) groups excluding carboxylic acids is 5. The Balaban J connectivity index is 1.61. The number of ketones is 1. The molecule has 3 aliphatic rings. The van der Waals surface area contributed by atoms with Crippen molar-refractivity contribution in [2.45, 2.75) is 128 Å². The van der Waals surface area contributed by atoms with E-state index >= 15 is 0 Å². The first kappa shape index (κ1) is 40.7. The Morgan fingerprint density at radius 1 is 1.08 bits per heavy atom. The van der Waals surface area contributed by atoms with Gasteiger partial charge < -0.3 is 20.9 Å². The lowest BCUT2D eigenvalue weighted by molar-refractivity contribution is -0.145. The zero-order chi connectivity index (χ0) is 37.7. The third-order valence-electron chi connectivity index (χ3n) is 10.8. The molecule has 1 saturated heterocycles. The van der Waals surface area contributed by atoms with E-state index in [0.29, 0.717) is 25.7 Å². The van der Waals surface area contributed by atoms with E-state index < -0.39 is 74.4 Å². The first-order valence-corrected chi connectivity index (χ1v) is 20.6. The molecule has 0 bridgehead atoms. The Hall–Kier alpha value is -3.10. The molecule has 1 unspecified atom stereocenters. The molecule has 3 fully saturated rings. The Labute approximate surface area is 307 Å². The van der Waals surface area contributed by atoms with Gasteiger partial charge in [0.2, 0.25) is 23.5 Å². The molecule has 284 valence electrons. The van der Waals surface area contributed by atoms with Gasteiger partial charge in [0.05, 0.1) is 6.04 Å². The third kappa shape index (κ3) is 10.3. The highest BCUT2D eigenvalue weighted by Crippen LogP contribution is 2.40. The topological polar surface area (TPSA) is 171 Å². The molecular weight excluding hydrogens is 691 g/mol. The Kier molecular flexibility index (Phi) is 13.3. The van der Waals surface area contributed by atoms with Crippen LogP contribution < -0.4 is 20.7 Å². The molecule has 1 aromatic rings. The molecule has 2 aliphatic carbocycles. The van der Waals surface area contributed by atoms with E-state index in [1.54, 1.807) is 11.4 Å². The van der Waals surface area contributed by atoms with Crippen LogP contribution in [0.25, 0.3) is 0 Å². The minimum absolute atomic E-state index is 0.0269. The van der Waals surface area contributed by atoms with Crippen LogP contribution >= 0.6 is 11.3 Å². The van der Waals surface area contributed by atoms with Crippen LogP contribution in [-0.4, -0.2) is 80.0 Å². The fourth-order valence-corrected chi connectivity index (χ4v) is 9.61. The van der Waals surface area contributed by atoms with Crippen LogP contribution in [0.4, 0.5) is 0 Å². The molecule has 4 N–H and O–H groups in total. The molecule has 4 amide bonds. The van der Waals surface area contributed by atoms with Gasteiger partial charge in [0.25, 0.3) is 15.9 Å². The number of nitrogens with zero attached hydrogens (tertiary/aromatic N) is 1. The van der Waals surface area contributed by atoms with E-state index in [0.717, 1.165) is 43.4 Å². The number of nitrogens with one attached hydrogen (secondary N) is 4. The molecule has 14 heteroatoms. The third-order valence-corrected chi connectivity index (χ3v) is 13.6. The van der Waals surface area contributed by atoms with Crippen LogP contribution in [0.3, 0.4) is 0 Å². The molecule has 1 aromatic heterocycles. The monoisotopic (exact) mass is 747 g/mol. The lowest BCUT2D eigenvalue weighted by Gasteiger charge is -2.42. The second kappa shape index (κ2) is 16.7. The molecular formula is C37H57N5O7S2. The molecule has 2 heterocycles. The second-order valence-electron chi connectivity index (χ2n) is 16.4. The number of hydrogen-bond acceptors (Lipinski definition) is 8. The molecule has 0 spiro atoms. The first-order valence-electron chi connectivity index (χ1n) is 18.3. The number of amides is 4. The Morgan fingerprint density at radius 3 is 2.29 bits per heavy atom. The van der Waals surface area contributed by atoms with Crippen LogP contribution in [0.5, 0.6) is 0 Å². The van der Waals surface area contributed by atoms with Gasteiger partial charge in [0.1, 0.15) is 22.3 Å². The maximum absolute atomic E-state index is 14.6. The molecule has 1 aliphatic heterocycles. The predicted molar refractivity (Wildman–Crippen MR) is 197 cm³/mol. The zero-order valence-electron chi connectivity index (χ0n) is 31.0. The van der Waals surface area contributed by atoms with Crippen LogP contribution in [0.1, 0.15) is 99.3 Å². The molecule has 12 nitrogen and oxygen atoms in total. The Bertz CT molecular complexity index is 1540. The minimum Gasteiger partial charge on any atom is -0.346 e. The van der Waals surface area contributed by atoms with Gasteiger partial charge in [-0.3, -0.25) is 24.0 Å². The van der Waals surface area contributed by atoms with Crippen molar-refractivity contribution < 1.29 is 32.4 Å². The minimum atomic E-state index is -4.03. The number of carbonyl (C=O) groups is 5. The summed E-state index contributed by atoms with van der Waals surface area (Å²) in [7, 11) is -4.03. The van der Waals surface area contributed by atoms with E-state index in [-0.39, 0.29) is 35.1 Å². The van der Waals surface area contributed by atoms with Crippen LogP contribution in [0.15, 0.2) is 34.4 Å². The molecule has 5 atom stereocenters. The molecule has 51 heavy (non-hydrogen) atoms. The normalized spacial score (nSPS) is 22.5. The van der Waals surface area contributed by atoms with Crippen LogP contribution in [-0.2, 0) is 34.0 Å². The van der Waals surface area contributed by atoms with E-state index in [1.807, 2.05) is 41.5 Å². The van der Waals surface area contributed by atoms with E-state index in [1.165, 1.54) is 17.0 Å². The van der Waals surface area contributed by atoms with Gasteiger partial charge in [-0.15, -0.1) is 17.9 Å². The summed E-state index contributed by atoms with van der Waals surface area (Å²) in [6, 6.07) is -1.06. The molecule has 0 radical (unpaired) electrons. The summed E-state index contributed by atoms with van der Waals surface area (Å²) in [4.78, 5) is 70.3.